The van der Waals surface area contributed by atoms with Crippen LogP contribution in [0.1, 0.15) is 32.4 Å². The lowest BCUT2D eigenvalue weighted by molar-refractivity contribution is -0.126. The van der Waals surface area contributed by atoms with Crippen molar-refractivity contribution in [2.45, 2.75) is 33.2 Å². The maximum atomic E-state index is 12.1. The Morgan fingerprint density at radius 3 is 2.75 bits per heavy atom. The van der Waals surface area contributed by atoms with E-state index in [4.69, 9.17) is 0 Å². The van der Waals surface area contributed by atoms with E-state index in [1.165, 1.54) is 0 Å². The molecule has 1 aliphatic heterocycles. The van der Waals surface area contributed by atoms with Crippen LogP contribution in [-0.4, -0.2) is 35.4 Å². The number of piperidine rings is 1. The smallest absolute Gasteiger partial charge is 0.223 e. The van der Waals surface area contributed by atoms with E-state index in [1.54, 1.807) is 6.20 Å². The first-order chi connectivity index (χ1) is 9.65. The molecule has 110 valence electrons. The summed E-state index contributed by atoms with van der Waals surface area (Å²) in [7, 11) is 0. The Bertz CT molecular complexity index is 411. The molecule has 1 amide bonds. The molecule has 4 nitrogen and oxygen atoms in total. The van der Waals surface area contributed by atoms with Gasteiger partial charge < -0.3 is 10.2 Å². The molecule has 0 radical (unpaired) electrons. The summed E-state index contributed by atoms with van der Waals surface area (Å²) in [5.41, 5.74) is 0.915. The van der Waals surface area contributed by atoms with Crippen molar-refractivity contribution in [1.82, 2.24) is 15.2 Å². The number of amides is 1. The zero-order chi connectivity index (χ0) is 14.4. The fraction of sp³-hybridized carbons (Fsp3) is 0.625. The van der Waals surface area contributed by atoms with Gasteiger partial charge in [-0.2, -0.15) is 0 Å². The van der Waals surface area contributed by atoms with Crippen molar-refractivity contribution in [2.24, 2.45) is 11.8 Å². The average Bonchev–Trinajstić information content (AvgIpc) is 2.46. The third kappa shape index (κ3) is 4.60. The van der Waals surface area contributed by atoms with Crippen LogP contribution in [0.15, 0.2) is 24.4 Å². The molecule has 1 aromatic heterocycles. The number of aromatic nitrogens is 1. The van der Waals surface area contributed by atoms with Crippen molar-refractivity contribution in [3.05, 3.63) is 30.1 Å². The van der Waals surface area contributed by atoms with E-state index in [9.17, 15) is 4.79 Å². The molecule has 1 saturated heterocycles. The van der Waals surface area contributed by atoms with Crippen LogP contribution >= 0.6 is 0 Å². The molecule has 0 aliphatic carbocycles. The highest BCUT2D eigenvalue weighted by Gasteiger charge is 2.24. The van der Waals surface area contributed by atoms with Gasteiger partial charge in [-0.05, 0) is 44.0 Å². The molecule has 1 fully saturated rings. The van der Waals surface area contributed by atoms with E-state index in [0.29, 0.717) is 12.5 Å². The summed E-state index contributed by atoms with van der Waals surface area (Å²) in [5, 5.41) is 3.00. The molecule has 0 saturated carbocycles. The van der Waals surface area contributed by atoms with Gasteiger partial charge in [0.2, 0.25) is 5.91 Å². The van der Waals surface area contributed by atoms with Gasteiger partial charge in [0.15, 0.2) is 0 Å². The molecule has 2 rings (SSSR count). The van der Waals surface area contributed by atoms with E-state index >= 15 is 0 Å². The summed E-state index contributed by atoms with van der Waals surface area (Å²) in [4.78, 5) is 18.8. The standard InChI is InChI=1S/C16H25N3O/c1-13(2)12-19-9-6-14(7-10-19)16(20)18-11-15-5-3-4-8-17-15/h3-5,8,13-14H,6-7,9-12H2,1-2H3,(H,18,20). The minimum Gasteiger partial charge on any atom is -0.350 e. The van der Waals surface area contributed by atoms with Crippen molar-refractivity contribution in [3.8, 4) is 0 Å². The van der Waals surface area contributed by atoms with E-state index < -0.39 is 0 Å². The first kappa shape index (κ1) is 15.0. The van der Waals surface area contributed by atoms with Crippen LogP contribution < -0.4 is 5.32 Å². The van der Waals surface area contributed by atoms with Gasteiger partial charge in [-0.25, -0.2) is 0 Å². The van der Waals surface area contributed by atoms with Gasteiger partial charge in [0.25, 0.3) is 0 Å². The number of carbonyl (C=O) groups is 1. The largest absolute Gasteiger partial charge is 0.350 e. The second kappa shape index (κ2) is 7.39. The lowest BCUT2D eigenvalue weighted by atomic mass is 9.95. The summed E-state index contributed by atoms with van der Waals surface area (Å²) in [6, 6.07) is 5.76. The Balaban J connectivity index is 1.72. The number of hydrogen-bond donors (Lipinski definition) is 1. The van der Waals surface area contributed by atoms with Crippen LogP contribution in [0.4, 0.5) is 0 Å². The second-order valence-electron chi connectivity index (χ2n) is 6.01. The number of carbonyl (C=O) groups excluding carboxylic acids is 1. The molecular weight excluding hydrogens is 250 g/mol. The topological polar surface area (TPSA) is 45.2 Å². The average molecular weight is 275 g/mol. The molecule has 0 bridgehead atoms. The van der Waals surface area contributed by atoms with Gasteiger partial charge in [0, 0.05) is 18.7 Å². The zero-order valence-electron chi connectivity index (χ0n) is 12.5. The van der Waals surface area contributed by atoms with Crippen LogP contribution in [-0.2, 0) is 11.3 Å². The predicted octanol–water partition coefficient (Wildman–Crippen LogP) is 2.07. The van der Waals surface area contributed by atoms with E-state index in [2.05, 4.69) is 29.0 Å². The highest BCUT2D eigenvalue weighted by molar-refractivity contribution is 5.78. The SMILES string of the molecule is CC(C)CN1CCC(C(=O)NCc2ccccn2)CC1. The summed E-state index contributed by atoms with van der Waals surface area (Å²) in [5.74, 6) is 1.05. The van der Waals surface area contributed by atoms with Crippen LogP contribution in [0.3, 0.4) is 0 Å². The van der Waals surface area contributed by atoms with E-state index in [-0.39, 0.29) is 11.8 Å². The van der Waals surface area contributed by atoms with Gasteiger partial charge in [-0.3, -0.25) is 9.78 Å². The summed E-state index contributed by atoms with van der Waals surface area (Å²) in [6.45, 7) is 8.24. The van der Waals surface area contributed by atoms with Crippen molar-refractivity contribution < 1.29 is 4.79 Å². The molecule has 4 heteroatoms. The van der Waals surface area contributed by atoms with Gasteiger partial charge in [-0.15, -0.1) is 0 Å². The normalized spacial score (nSPS) is 17.4. The molecule has 1 aliphatic rings. The molecule has 2 heterocycles. The maximum Gasteiger partial charge on any atom is 0.223 e. The minimum atomic E-state index is 0.169. The fourth-order valence-electron chi connectivity index (χ4n) is 2.72. The maximum absolute atomic E-state index is 12.1. The molecule has 0 unspecified atom stereocenters. The Morgan fingerprint density at radius 2 is 2.15 bits per heavy atom. The number of nitrogens with one attached hydrogen (secondary N) is 1. The van der Waals surface area contributed by atoms with E-state index in [0.717, 1.165) is 38.2 Å². The van der Waals surface area contributed by atoms with Crippen molar-refractivity contribution in [1.29, 1.82) is 0 Å². The first-order valence-electron chi connectivity index (χ1n) is 7.55. The Kier molecular flexibility index (Phi) is 5.53. The minimum absolute atomic E-state index is 0.169. The molecule has 1 aromatic rings. The van der Waals surface area contributed by atoms with Crippen molar-refractivity contribution >= 4 is 5.91 Å². The third-order valence-corrected chi connectivity index (χ3v) is 3.75. The quantitative estimate of drug-likeness (QED) is 0.894. The van der Waals surface area contributed by atoms with Gasteiger partial charge in [0.1, 0.15) is 0 Å². The highest BCUT2D eigenvalue weighted by Crippen LogP contribution is 2.18. The van der Waals surface area contributed by atoms with Gasteiger partial charge in [-0.1, -0.05) is 19.9 Å². The predicted molar refractivity (Wildman–Crippen MR) is 80.1 cm³/mol. The monoisotopic (exact) mass is 275 g/mol. The van der Waals surface area contributed by atoms with E-state index in [1.807, 2.05) is 18.2 Å². The Morgan fingerprint density at radius 1 is 1.40 bits per heavy atom. The number of likely N-dealkylation sites (tertiary alicyclic amines) is 1. The van der Waals surface area contributed by atoms with Gasteiger partial charge >= 0.3 is 0 Å². The lowest BCUT2D eigenvalue weighted by Crippen LogP contribution is -2.41. The first-order valence-corrected chi connectivity index (χ1v) is 7.55. The number of hydrogen-bond acceptors (Lipinski definition) is 3. The summed E-state index contributed by atoms with van der Waals surface area (Å²) >= 11 is 0. The molecular formula is C16H25N3O. The Hall–Kier alpha value is -1.42. The highest BCUT2D eigenvalue weighted by atomic mass is 16.1. The summed E-state index contributed by atoms with van der Waals surface area (Å²) < 4.78 is 0. The van der Waals surface area contributed by atoms with Crippen LogP contribution in [0.2, 0.25) is 0 Å². The zero-order valence-corrected chi connectivity index (χ0v) is 12.5. The molecule has 0 aromatic carbocycles. The third-order valence-electron chi connectivity index (χ3n) is 3.75. The number of rotatable bonds is 5. The molecule has 0 spiro atoms. The second-order valence-corrected chi connectivity index (χ2v) is 6.01. The van der Waals surface area contributed by atoms with Crippen molar-refractivity contribution in [3.63, 3.8) is 0 Å². The number of pyridine rings is 1. The van der Waals surface area contributed by atoms with Crippen LogP contribution in [0.5, 0.6) is 0 Å². The van der Waals surface area contributed by atoms with Crippen LogP contribution in [0, 0.1) is 11.8 Å². The fourth-order valence-corrected chi connectivity index (χ4v) is 2.72. The molecule has 20 heavy (non-hydrogen) atoms. The Labute approximate surface area is 121 Å². The van der Waals surface area contributed by atoms with Crippen molar-refractivity contribution in [2.75, 3.05) is 19.6 Å². The van der Waals surface area contributed by atoms with Gasteiger partial charge in [0.05, 0.1) is 12.2 Å². The summed E-state index contributed by atoms with van der Waals surface area (Å²) in [6.07, 6.45) is 3.70. The number of nitrogens with zero attached hydrogens (tertiary/aromatic N) is 2. The van der Waals surface area contributed by atoms with Crippen LogP contribution in [0.25, 0.3) is 0 Å². The lowest BCUT2D eigenvalue weighted by Gasteiger charge is -2.32. The molecule has 0 atom stereocenters. The molecule has 1 N–H and O–H groups in total.